The Kier molecular flexibility index (Phi) is 4.18. The molecule has 0 bridgehead atoms. The molecule has 2 aromatic rings. The lowest BCUT2D eigenvalue weighted by Gasteiger charge is -2.33. The summed E-state index contributed by atoms with van der Waals surface area (Å²) in [6.07, 6.45) is 5.89. The van der Waals surface area contributed by atoms with Crippen molar-refractivity contribution in [1.29, 1.82) is 0 Å². The van der Waals surface area contributed by atoms with E-state index in [0.717, 1.165) is 30.7 Å². The van der Waals surface area contributed by atoms with E-state index in [0.29, 0.717) is 11.8 Å². The molecule has 106 valence electrons. The van der Waals surface area contributed by atoms with Gasteiger partial charge in [-0.25, -0.2) is 4.98 Å². The Bertz CT molecular complexity index is 551. The highest BCUT2D eigenvalue weighted by molar-refractivity contribution is 7.11. The van der Waals surface area contributed by atoms with Crippen LogP contribution >= 0.6 is 11.3 Å². The Morgan fingerprint density at radius 2 is 2.05 bits per heavy atom. The number of thiazole rings is 1. The highest BCUT2D eigenvalue weighted by atomic mass is 32.1. The third-order valence-electron chi connectivity index (χ3n) is 4.35. The van der Waals surface area contributed by atoms with Gasteiger partial charge in [-0.1, -0.05) is 30.3 Å². The number of aryl methyl sites for hydroxylation is 1. The van der Waals surface area contributed by atoms with Crippen LogP contribution in [-0.4, -0.2) is 16.2 Å². The molecular weight excluding hydrogens is 266 g/mol. The molecule has 1 heterocycles. The van der Waals surface area contributed by atoms with Crippen LogP contribution in [-0.2, 0) is 6.42 Å². The van der Waals surface area contributed by atoms with Crippen molar-refractivity contribution in [2.75, 3.05) is 0 Å². The maximum absolute atomic E-state index is 10.3. The molecule has 1 aliphatic rings. The zero-order valence-corrected chi connectivity index (χ0v) is 12.6. The Hall–Kier alpha value is -1.19. The van der Waals surface area contributed by atoms with Crippen molar-refractivity contribution >= 4 is 11.3 Å². The van der Waals surface area contributed by atoms with E-state index in [-0.39, 0.29) is 6.10 Å². The zero-order chi connectivity index (χ0) is 13.9. The predicted octanol–water partition coefficient (Wildman–Crippen LogP) is 3.94. The molecule has 2 nitrogen and oxygen atoms in total. The van der Waals surface area contributed by atoms with Gasteiger partial charge in [0.1, 0.15) is 0 Å². The summed E-state index contributed by atoms with van der Waals surface area (Å²) in [5, 5.41) is 11.4. The fourth-order valence-electron chi connectivity index (χ4n) is 3.25. The Labute approximate surface area is 124 Å². The summed E-state index contributed by atoms with van der Waals surface area (Å²) in [6.45, 7) is 2.04. The number of aliphatic hydroxyl groups is 1. The summed E-state index contributed by atoms with van der Waals surface area (Å²) in [5.74, 6) is 0.965. The number of benzene rings is 1. The van der Waals surface area contributed by atoms with Gasteiger partial charge in [-0.05, 0) is 50.0 Å². The second kappa shape index (κ2) is 6.06. The van der Waals surface area contributed by atoms with Crippen molar-refractivity contribution in [3.05, 3.63) is 52.0 Å². The van der Waals surface area contributed by atoms with E-state index in [9.17, 15) is 5.11 Å². The summed E-state index contributed by atoms with van der Waals surface area (Å²) in [5.41, 5.74) is 1.42. The van der Waals surface area contributed by atoms with Crippen molar-refractivity contribution in [2.45, 2.75) is 44.6 Å². The van der Waals surface area contributed by atoms with Crippen LogP contribution in [0.2, 0.25) is 0 Å². The molecule has 1 N–H and O–H groups in total. The van der Waals surface area contributed by atoms with E-state index in [4.69, 9.17) is 0 Å². The lowest BCUT2D eigenvalue weighted by Crippen LogP contribution is -2.29. The lowest BCUT2D eigenvalue weighted by atomic mass is 9.75. The average molecular weight is 287 g/mol. The quantitative estimate of drug-likeness (QED) is 0.927. The van der Waals surface area contributed by atoms with E-state index in [1.165, 1.54) is 10.4 Å². The molecule has 3 rings (SSSR count). The van der Waals surface area contributed by atoms with Crippen LogP contribution in [0.25, 0.3) is 0 Å². The van der Waals surface area contributed by atoms with Crippen molar-refractivity contribution in [2.24, 2.45) is 5.92 Å². The van der Waals surface area contributed by atoms with Crippen LogP contribution in [0.3, 0.4) is 0 Å². The van der Waals surface area contributed by atoms with Crippen LogP contribution in [0.4, 0.5) is 0 Å². The van der Waals surface area contributed by atoms with E-state index >= 15 is 0 Å². The third-order valence-corrected chi connectivity index (χ3v) is 5.28. The molecular formula is C17H21NOS. The van der Waals surface area contributed by atoms with Gasteiger partial charge in [-0.2, -0.15) is 0 Å². The topological polar surface area (TPSA) is 33.1 Å². The third kappa shape index (κ3) is 3.10. The van der Waals surface area contributed by atoms with Gasteiger partial charge in [-0.15, -0.1) is 11.3 Å². The molecule has 0 amide bonds. The minimum Gasteiger partial charge on any atom is -0.393 e. The zero-order valence-electron chi connectivity index (χ0n) is 11.8. The van der Waals surface area contributed by atoms with Crippen molar-refractivity contribution in [3.63, 3.8) is 0 Å². The summed E-state index contributed by atoms with van der Waals surface area (Å²) >= 11 is 1.76. The normalized spacial score (nSPS) is 26.6. The minimum absolute atomic E-state index is 0.155. The minimum atomic E-state index is -0.155. The van der Waals surface area contributed by atoms with Crippen molar-refractivity contribution in [1.82, 2.24) is 4.98 Å². The molecule has 20 heavy (non-hydrogen) atoms. The lowest BCUT2D eigenvalue weighted by molar-refractivity contribution is 0.0623. The second-order valence-corrected chi connectivity index (χ2v) is 7.12. The summed E-state index contributed by atoms with van der Waals surface area (Å²) in [6, 6.07) is 10.7. The number of rotatable bonds is 3. The molecule has 3 heteroatoms. The van der Waals surface area contributed by atoms with Crippen LogP contribution in [0.15, 0.2) is 36.5 Å². The first kappa shape index (κ1) is 13.8. The smallest absolute Gasteiger partial charge is 0.0896 e. The van der Waals surface area contributed by atoms with Crippen molar-refractivity contribution < 1.29 is 5.11 Å². The van der Waals surface area contributed by atoms with E-state index < -0.39 is 0 Å². The van der Waals surface area contributed by atoms with E-state index in [1.807, 2.05) is 13.1 Å². The van der Waals surface area contributed by atoms with Gasteiger partial charge in [0.15, 0.2) is 0 Å². The molecule has 0 saturated heterocycles. The summed E-state index contributed by atoms with van der Waals surface area (Å²) < 4.78 is 0. The highest BCUT2D eigenvalue weighted by Crippen LogP contribution is 2.38. The first-order valence-corrected chi connectivity index (χ1v) is 8.18. The molecule has 1 aliphatic carbocycles. The highest BCUT2D eigenvalue weighted by Gasteiger charge is 2.30. The van der Waals surface area contributed by atoms with Gasteiger partial charge in [0.2, 0.25) is 0 Å². The van der Waals surface area contributed by atoms with Gasteiger partial charge < -0.3 is 5.11 Å². The van der Waals surface area contributed by atoms with Gasteiger partial charge in [0.25, 0.3) is 0 Å². The van der Waals surface area contributed by atoms with Gasteiger partial charge in [-0.3, -0.25) is 0 Å². The van der Waals surface area contributed by atoms with Crippen molar-refractivity contribution in [3.8, 4) is 0 Å². The predicted molar refractivity (Wildman–Crippen MR) is 83.1 cm³/mol. The summed E-state index contributed by atoms with van der Waals surface area (Å²) in [4.78, 5) is 5.63. The fourth-order valence-corrected chi connectivity index (χ4v) is 4.14. The second-order valence-electron chi connectivity index (χ2n) is 5.80. The average Bonchev–Trinajstić information content (AvgIpc) is 2.88. The molecule has 1 aromatic heterocycles. The molecule has 3 unspecified atom stereocenters. The van der Waals surface area contributed by atoms with Crippen LogP contribution in [0.5, 0.6) is 0 Å². The Morgan fingerprint density at radius 1 is 1.25 bits per heavy atom. The number of aromatic nitrogens is 1. The van der Waals surface area contributed by atoms with Crippen LogP contribution in [0, 0.1) is 12.8 Å². The molecule has 1 aromatic carbocycles. The van der Waals surface area contributed by atoms with Crippen LogP contribution < -0.4 is 0 Å². The number of nitrogens with zero attached hydrogens (tertiary/aromatic N) is 1. The van der Waals surface area contributed by atoms with Gasteiger partial charge >= 0.3 is 0 Å². The standard InChI is InChI=1S/C17H21NOS/c1-12-18-11-16(20-12)10-15-9-14(7-8-17(15)19)13-5-3-2-4-6-13/h2-6,11,14-15,17,19H,7-10H2,1H3. The van der Waals surface area contributed by atoms with Crippen LogP contribution in [0.1, 0.15) is 40.6 Å². The Balaban J connectivity index is 1.70. The molecule has 0 spiro atoms. The number of aliphatic hydroxyl groups excluding tert-OH is 1. The molecule has 3 atom stereocenters. The van der Waals surface area contributed by atoms with Gasteiger partial charge in [0, 0.05) is 11.1 Å². The molecule has 0 aliphatic heterocycles. The maximum atomic E-state index is 10.3. The SMILES string of the molecule is Cc1ncc(CC2CC(c3ccccc3)CCC2O)s1. The molecule has 1 fully saturated rings. The summed E-state index contributed by atoms with van der Waals surface area (Å²) in [7, 11) is 0. The number of hydrogen-bond acceptors (Lipinski definition) is 3. The maximum Gasteiger partial charge on any atom is 0.0896 e. The molecule has 0 radical (unpaired) electrons. The first-order valence-electron chi connectivity index (χ1n) is 7.36. The largest absolute Gasteiger partial charge is 0.393 e. The first-order chi connectivity index (χ1) is 9.72. The Morgan fingerprint density at radius 3 is 2.75 bits per heavy atom. The monoisotopic (exact) mass is 287 g/mol. The van der Waals surface area contributed by atoms with E-state index in [2.05, 4.69) is 35.3 Å². The fraction of sp³-hybridized carbons (Fsp3) is 0.471. The molecule has 1 saturated carbocycles. The number of hydrogen-bond donors (Lipinski definition) is 1. The van der Waals surface area contributed by atoms with E-state index in [1.54, 1.807) is 11.3 Å². The van der Waals surface area contributed by atoms with Gasteiger partial charge in [0.05, 0.1) is 11.1 Å².